The third-order valence-electron chi connectivity index (χ3n) is 4.31. The molecule has 7 heteroatoms. The molecule has 0 saturated carbocycles. The third kappa shape index (κ3) is 7.24. The summed E-state index contributed by atoms with van der Waals surface area (Å²) >= 11 is 5.21. The zero-order valence-electron chi connectivity index (χ0n) is 17.1. The van der Waals surface area contributed by atoms with E-state index in [9.17, 15) is 9.59 Å². The zero-order chi connectivity index (χ0) is 22.1. The minimum atomic E-state index is -0.316. The van der Waals surface area contributed by atoms with Crippen molar-refractivity contribution in [3.63, 3.8) is 0 Å². The summed E-state index contributed by atoms with van der Waals surface area (Å²) in [5.74, 6) is 0.242. The second kappa shape index (κ2) is 10.9. The van der Waals surface area contributed by atoms with Gasteiger partial charge in [0.05, 0.1) is 6.61 Å². The molecule has 2 amide bonds. The van der Waals surface area contributed by atoms with Crippen LogP contribution in [0.2, 0.25) is 0 Å². The van der Waals surface area contributed by atoms with Crippen molar-refractivity contribution in [2.75, 3.05) is 17.2 Å². The minimum Gasteiger partial charge on any atom is -0.493 e. The van der Waals surface area contributed by atoms with Crippen LogP contribution < -0.4 is 20.7 Å². The van der Waals surface area contributed by atoms with Crippen LogP contribution in [0.3, 0.4) is 0 Å². The molecule has 0 fully saturated rings. The van der Waals surface area contributed by atoms with Crippen molar-refractivity contribution in [1.29, 1.82) is 0 Å². The van der Waals surface area contributed by atoms with Crippen LogP contribution in [0.25, 0.3) is 0 Å². The summed E-state index contributed by atoms with van der Waals surface area (Å²) in [7, 11) is 0. The Morgan fingerprint density at radius 1 is 0.839 bits per heavy atom. The first kappa shape index (κ1) is 22.0. The van der Waals surface area contributed by atoms with E-state index in [2.05, 4.69) is 28.1 Å². The van der Waals surface area contributed by atoms with Gasteiger partial charge < -0.3 is 15.4 Å². The van der Waals surface area contributed by atoms with E-state index in [1.165, 1.54) is 12.5 Å². The van der Waals surface area contributed by atoms with Crippen molar-refractivity contribution in [1.82, 2.24) is 5.32 Å². The molecule has 0 spiro atoms. The molecule has 3 N–H and O–H groups in total. The van der Waals surface area contributed by atoms with Gasteiger partial charge in [0.15, 0.2) is 5.11 Å². The topological polar surface area (TPSA) is 79.5 Å². The quantitative estimate of drug-likeness (QED) is 0.482. The highest BCUT2D eigenvalue weighted by atomic mass is 32.1. The van der Waals surface area contributed by atoms with Crippen molar-refractivity contribution in [2.24, 2.45) is 0 Å². The SMILES string of the molecule is CC(=O)Nc1ccc(NC(=S)NC(=O)c2ccc(OCCc3ccccc3)cc2)cc1. The zero-order valence-corrected chi connectivity index (χ0v) is 17.9. The number of benzene rings is 3. The summed E-state index contributed by atoms with van der Waals surface area (Å²) in [6, 6.07) is 24.0. The maximum absolute atomic E-state index is 12.4. The second-order valence-corrected chi connectivity index (χ2v) is 7.18. The maximum atomic E-state index is 12.4. The lowest BCUT2D eigenvalue weighted by molar-refractivity contribution is -0.114. The lowest BCUT2D eigenvalue weighted by Crippen LogP contribution is -2.34. The Hall–Kier alpha value is -3.71. The van der Waals surface area contributed by atoms with Crippen LogP contribution in [0.1, 0.15) is 22.8 Å². The molecule has 0 aromatic heterocycles. The van der Waals surface area contributed by atoms with Crippen LogP contribution >= 0.6 is 12.2 Å². The molecular formula is C24H23N3O3S. The summed E-state index contributed by atoms with van der Waals surface area (Å²) in [6.07, 6.45) is 0.814. The van der Waals surface area contributed by atoms with Gasteiger partial charge in [-0.05, 0) is 66.3 Å². The average Bonchev–Trinajstić information content (AvgIpc) is 2.76. The number of carbonyl (C=O) groups excluding carboxylic acids is 2. The average molecular weight is 434 g/mol. The molecule has 0 heterocycles. The van der Waals surface area contributed by atoms with Crippen LogP contribution in [-0.4, -0.2) is 23.5 Å². The van der Waals surface area contributed by atoms with E-state index < -0.39 is 0 Å². The highest BCUT2D eigenvalue weighted by Gasteiger charge is 2.08. The third-order valence-corrected chi connectivity index (χ3v) is 4.51. The van der Waals surface area contributed by atoms with E-state index >= 15 is 0 Å². The monoisotopic (exact) mass is 433 g/mol. The van der Waals surface area contributed by atoms with Crippen LogP contribution in [0.5, 0.6) is 5.75 Å². The number of hydrogen-bond donors (Lipinski definition) is 3. The highest BCUT2D eigenvalue weighted by Crippen LogP contribution is 2.15. The number of amides is 2. The van der Waals surface area contributed by atoms with E-state index in [1.807, 2.05) is 18.2 Å². The van der Waals surface area contributed by atoms with Crippen molar-refractivity contribution in [2.45, 2.75) is 13.3 Å². The van der Waals surface area contributed by atoms with Crippen molar-refractivity contribution in [3.05, 3.63) is 90.0 Å². The molecule has 0 aliphatic rings. The Morgan fingerprint density at radius 3 is 2.06 bits per heavy atom. The summed E-state index contributed by atoms with van der Waals surface area (Å²) < 4.78 is 5.74. The van der Waals surface area contributed by atoms with E-state index in [-0.39, 0.29) is 16.9 Å². The number of rotatable bonds is 7. The van der Waals surface area contributed by atoms with E-state index in [0.717, 1.165) is 6.42 Å². The molecule has 0 unspecified atom stereocenters. The van der Waals surface area contributed by atoms with E-state index in [1.54, 1.807) is 48.5 Å². The second-order valence-electron chi connectivity index (χ2n) is 6.78. The standard InChI is InChI=1S/C24H23N3O3S/c1-17(28)25-20-9-11-21(12-10-20)26-24(31)27-23(29)19-7-13-22(14-8-19)30-16-15-18-5-3-2-4-6-18/h2-14H,15-16H2,1H3,(H,25,28)(H2,26,27,29,31). The molecule has 3 rings (SSSR count). The normalized spacial score (nSPS) is 10.1. The fourth-order valence-electron chi connectivity index (χ4n) is 2.81. The Labute approximate surface area is 186 Å². The molecule has 0 aliphatic carbocycles. The molecule has 0 bridgehead atoms. The van der Waals surface area contributed by atoms with Gasteiger partial charge in [0, 0.05) is 30.3 Å². The highest BCUT2D eigenvalue weighted by molar-refractivity contribution is 7.80. The Morgan fingerprint density at radius 2 is 1.45 bits per heavy atom. The van der Waals surface area contributed by atoms with Gasteiger partial charge in [-0.1, -0.05) is 30.3 Å². The minimum absolute atomic E-state index is 0.142. The lowest BCUT2D eigenvalue weighted by atomic mass is 10.2. The Balaban J connectivity index is 1.46. The molecule has 0 radical (unpaired) electrons. The van der Waals surface area contributed by atoms with Gasteiger partial charge in [-0.25, -0.2) is 0 Å². The van der Waals surface area contributed by atoms with Gasteiger partial charge >= 0.3 is 0 Å². The first-order chi connectivity index (χ1) is 15.0. The predicted molar refractivity (Wildman–Crippen MR) is 127 cm³/mol. The molecule has 3 aromatic rings. The van der Waals surface area contributed by atoms with Crippen molar-refractivity contribution in [3.8, 4) is 5.75 Å². The lowest BCUT2D eigenvalue weighted by Gasteiger charge is -2.11. The van der Waals surface area contributed by atoms with Crippen molar-refractivity contribution < 1.29 is 14.3 Å². The summed E-state index contributed by atoms with van der Waals surface area (Å²) in [4.78, 5) is 23.5. The van der Waals surface area contributed by atoms with Crippen LogP contribution in [0.15, 0.2) is 78.9 Å². The number of nitrogens with one attached hydrogen (secondary N) is 3. The smallest absolute Gasteiger partial charge is 0.257 e. The largest absolute Gasteiger partial charge is 0.493 e. The molecule has 0 saturated heterocycles. The first-order valence-corrected chi connectivity index (χ1v) is 10.2. The van der Waals surface area contributed by atoms with Gasteiger partial charge in [0.25, 0.3) is 5.91 Å². The van der Waals surface area contributed by atoms with Gasteiger partial charge in [-0.2, -0.15) is 0 Å². The molecular weight excluding hydrogens is 410 g/mol. The number of ether oxygens (including phenoxy) is 1. The Bertz CT molecular complexity index is 1040. The van der Waals surface area contributed by atoms with Crippen LogP contribution in [-0.2, 0) is 11.2 Å². The number of anilines is 2. The van der Waals surface area contributed by atoms with Gasteiger partial charge in [0.2, 0.25) is 5.91 Å². The van der Waals surface area contributed by atoms with Crippen LogP contribution in [0, 0.1) is 0 Å². The Kier molecular flexibility index (Phi) is 7.73. The number of hydrogen-bond acceptors (Lipinski definition) is 4. The first-order valence-electron chi connectivity index (χ1n) is 9.76. The summed E-state index contributed by atoms with van der Waals surface area (Å²) in [5.41, 5.74) is 3.06. The fourth-order valence-corrected chi connectivity index (χ4v) is 3.02. The molecule has 3 aromatic carbocycles. The summed E-state index contributed by atoms with van der Waals surface area (Å²) in [6.45, 7) is 2.00. The van der Waals surface area contributed by atoms with Crippen LogP contribution in [0.4, 0.5) is 11.4 Å². The van der Waals surface area contributed by atoms with Gasteiger partial charge in [0.1, 0.15) is 5.75 Å². The van der Waals surface area contributed by atoms with E-state index in [4.69, 9.17) is 17.0 Å². The molecule has 6 nitrogen and oxygen atoms in total. The molecule has 0 aliphatic heterocycles. The molecule has 31 heavy (non-hydrogen) atoms. The van der Waals surface area contributed by atoms with E-state index in [0.29, 0.717) is 29.3 Å². The van der Waals surface area contributed by atoms with Gasteiger partial charge in [-0.15, -0.1) is 0 Å². The van der Waals surface area contributed by atoms with Gasteiger partial charge in [-0.3, -0.25) is 14.9 Å². The number of thiocarbonyl (C=S) groups is 1. The fraction of sp³-hybridized carbons (Fsp3) is 0.125. The molecule has 158 valence electrons. The number of carbonyl (C=O) groups is 2. The maximum Gasteiger partial charge on any atom is 0.257 e. The summed E-state index contributed by atoms with van der Waals surface area (Å²) in [5, 5.41) is 8.45. The predicted octanol–water partition coefficient (Wildman–Crippen LogP) is 4.39. The van der Waals surface area contributed by atoms with Crippen molar-refractivity contribution >= 4 is 40.5 Å². The molecule has 0 atom stereocenters.